The van der Waals surface area contributed by atoms with Crippen LogP contribution in [0.25, 0.3) is 10.9 Å². The SMILES string of the molecule is CC(=O)n1c(CS(=O)(=O)c2ccccc2)cc2cc(C)ccc21. The van der Waals surface area contributed by atoms with Crippen molar-refractivity contribution in [2.45, 2.75) is 24.5 Å². The van der Waals surface area contributed by atoms with E-state index in [1.54, 1.807) is 36.4 Å². The highest BCUT2D eigenvalue weighted by atomic mass is 32.2. The van der Waals surface area contributed by atoms with Gasteiger partial charge >= 0.3 is 0 Å². The summed E-state index contributed by atoms with van der Waals surface area (Å²) in [6.45, 7) is 3.41. The summed E-state index contributed by atoms with van der Waals surface area (Å²) in [7, 11) is -3.50. The first-order valence-corrected chi connectivity index (χ1v) is 8.93. The second-order valence-electron chi connectivity index (χ2n) is 5.62. The summed E-state index contributed by atoms with van der Waals surface area (Å²) in [5, 5.41) is 0.874. The van der Waals surface area contributed by atoms with E-state index in [0.29, 0.717) is 5.69 Å². The van der Waals surface area contributed by atoms with Gasteiger partial charge in [-0.2, -0.15) is 0 Å². The van der Waals surface area contributed by atoms with Crippen molar-refractivity contribution in [1.29, 1.82) is 0 Å². The number of aromatic nitrogens is 1. The maximum atomic E-state index is 12.6. The smallest absolute Gasteiger partial charge is 0.228 e. The Bertz CT molecular complexity index is 986. The van der Waals surface area contributed by atoms with Crippen molar-refractivity contribution in [2.75, 3.05) is 0 Å². The van der Waals surface area contributed by atoms with E-state index in [1.807, 2.05) is 25.1 Å². The number of sulfone groups is 1. The van der Waals surface area contributed by atoms with Crippen molar-refractivity contribution < 1.29 is 13.2 Å². The normalized spacial score (nSPS) is 11.7. The van der Waals surface area contributed by atoms with Crippen LogP contribution in [-0.2, 0) is 15.6 Å². The number of hydrogen-bond donors (Lipinski definition) is 0. The van der Waals surface area contributed by atoms with Crippen molar-refractivity contribution >= 4 is 26.6 Å². The molecular weight excluding hydrogens is 310 g/mol. The molecule has 118 valence electrons. The number of carbonyl (C=O) groups is 1. The monoisotopic (exact) mass is 327 g/mol. The quantitative estimate of drug-likeness (QED) is 0.739. The van der Waals surface area contributed by atoms with E-state index in [-0.39, 0.29) is 16.6 Å². The van der Waals surface area contributed by atoms with Crippen LogP contribution in [0.4, 0.5) is 0 Å². The molecular formula is C18H17NO3S. The molecule has 0 atom stereocenters. The van der Waals surface area contributed by atoms with Gasteiger partial charge in [0.25, 0.3) is 0 Å². The molecule has 4 nitrogen and oxygen atoms in total. The van der Waals surface area contributed by atoms with E-state index in [2.05, 4.69) is 0 Å². The van der Waals surface area contributed by atoms with Crippen LogP contribution in [0.3, 0.4) is 0 Å². The lowest BCUT2D eigenvalue weighted by molar-refractivity contribution is 0.0939. The number of carbonyl (C=O) groups excluding carboxylic acids is 1. The fraction of sp³-hybridized carbons (Fsp3) is 0.167. The van der Waals surface area contributed by atoms with Crippen LogP contribution < -0.4 is 0 Å². The summed E-state index contributed by atoms with van der Waals surface area (Å²) in [6, 6.07) is 15.8. The molecule has 0 saturated carbocycles. The number of aryl methyl sites for hydroxylation is 1. The largest absolute Gasteiger partial charge is 0.283 e. The van der Waals surface area contributed by atoms with E-state index in [1.165, 1.54) is 11.5 Å². The van der Waals surface area contributed by atoms with Gasteiger partial charge in [-0.3, -0.25) is 9.36 Å². The number of hydrogen-bond acceptors (Lipinski definition) is 3. The average Bonchev–Trinajstić information content (AvgIpc) is 2.84. The molecule has 1 aromatic heterocycles. The molecule has 3 rings (SSSR count). The van der Waals surface area contributed by atoms with Gasteiger partial charge in [-0.15, -0.1) is 0 Å². The van der Waals surface area contributed by atoms with Crippen LogP contribution in [0.2, 0.25) is 0 Å². The fourth-order valence-electron chi connectivity index (χ4n) is 2.78. The molecule has 0 amide bonds. The molecule has 0 unspecified atom stereocenters. The minimum atomic E-state index is -3.50. The first kappa shape index (κ1) is 15.5. The molecule has 0 bridgehead atoms. The summed E-state index contributed by atoms with van der Waals surface area (Å²) in [4.78, 5) is 12.3. The molecule has 0 radical (unpaired) electrons. The molecule has 5 heteroatoms. The van der Waals surface area contributed by atoms with Crippen molar-refractivity contribution in [1.82, 2.24) is 4.57 Å². The van der Waals surface area contributed by atoms with Crippen LogP contribution >= 0.6 is 0 Å². The van der Waals surface area contributed by atoms with E-state index in [4.69, 9.17) is 0 Å². The minimum absolute atomic E-state index is 0.192. The van der Waals surface area contributed by atoms with E-state index < -0.39 is 9.84 Å². The van der Waals surface area contributed by atoms with Crippen molar-refractivity contribution in [3.05, 3.63) is 65.9 Å². The van der Waals surface area contributed by atoms with E-state index in [0.717, 1.165) is 16.5 Å². The Balaban J connectivity index is 2.13. The van der Waals surface area contributed by atoms with Gasteiger partial charge in [-0.1, -0.05) is 29.8 Å². The molecule has 1 heterocycles. The lowest BCUT2D eigenvalue weighted by Crippen LogP contribution is -2.13. The van der Waals surface area contributed by atoms with E-state index >= 15 is 0 Å². The van der Waals surface area contributed by atoms with Gasteiger partial charge in [0.1, 0.15) is 0 Å². The number of benzene rings is 2. The second kappa shape index (κ2) is 5.66. The van der Waals surface area contributed by atoms with Crippen LogP contribution in [0, 0.1) is 6.92 Å². The highest BCUT2D eigenvalue weighted by Crippen LogP contribution is 2.24. The summed E-state index contributed by atoms with van der Waals surface area (Å²) in [5.74, 6) is -0.397. The maximum absolute atomic E-state index is 12.6. The van der Waals surface area contributed by atoms with Crippen molar-refractivity contribution in [3.63, 3.8) is 0 Å². The molecule has 0 N–H and O–H groups in total. The Morgan fingerprint density at radius 2 is 1.74 bits per heavy atom. The van der Waals surface area contributed by atoms with Gasteiger partial charge < -0.3 is 0 Å². The van der Waals surface area contributed by atoms with Crippen molar-refractivity contribution in [2.24, 2.45) is 0 Å². The second-order valence-corrected chi connectivity index (χ2v) is 7.61. The first-order chi connectivity index (χ1) is 10.9. The molecule has 0 aliphatic carbocycles. The maximum Gasteiger partial charge on any atom is 0.228 e. The van der Waals surface area contributed by atoms with E-state index in [9.17, 15) is 13.2 Å². The number of rotatable bonds is 3. The third-order valence-corrected chi connectivity index (χ3v) is 5.45. The Morgan fingerprint density at radius 1 is 1.04 bits per heavy atom. The molecule has 2 aromatic carbocycles. The molecule has 23 heavy (non-hydrogen) atoms. The lowest BCUT2D eigenvalue weighted by atomic mass is 10.2. The zero-order valence-electron chi connectivity index (χ0n) is 13.0. The van der Waals surface area contributed by atoms with Gasteiger partial charge in [0.2, 0.25) is 5.91 Å². The Kier molecular flexibility index (Phi) is 3.82. The molecule has 0 aliphatic rings. The number of nitrogens with zero attached hydrogens (tertiary/aromatic N) is 1. The summed E-state index contributed by atoms with van der Waals surface area (Å²) >= 11 is 0. The van der Waals surface area contributed by atoms with Crippen LogP contribution in [0.15, 0.2) is 59.5 Å². The fourth-order valence-corrected chi connectivity index (χ4v) is 4.12. The van der Waals surface area contributed by atoms with Crippen molar-refractivity contribution in [3.8, 4) is 0 Å². The highest BCUT2D eigenvalue weighted by Gasteiger charge is 2.20. The predicted octanol–water partition coefficient (Wildman–Crippen LogP) is 3.58. The van der Waals surface area contributed by atoms with Crippen LogP contribution in [-0.4, -0.2) is 18.9 Å². The average molecular weight is 327 g/mol. The van der Waals surface area contributed by atoms with Crippen LogP contribution in [0.5, 0.6) is 0 Å². The molecule has 0 spiro atoms. The minimum Gasteiger partial charge on any atom is -0.283 e. The summed E-state index contributed by atoms with van der Waals surface area (Å²) < 4.78 is 26.7. The molecule has 0 aliphatic heterocycles. The topological polar surface area (TPSA) is 56.1 Å². The third-order valence-electron chi connectivity index (χ3n) is 3.79. The highest BCUT2D eigenvalue weighted by molar-refractivity contribution is 7.90. The Hall–Kier alpha value is -2.40. The lowest BCUT2D eigenvalue weighted by Gasteiger charge is -2.08. The molecule has 0 fully saturated rings. The van der Waals surface area contributed by atoms with Gasteiger partial charge in [-0.05, 0) is 37.3 Å². The predicted molar refractivity (Wildman–Crippen MR) is 90.3 cm³/mol. The van der Waals surface area contributed by atoms with Crippen LogP contribution in [0.1, 0.15) is 23.0 Å². The summed E-state index contributed by atoms with van der Waals surface area (Å²) in [5.41, 5.74) is 2.29. The Morgan fingerprint density at radius 3 is 2.39 bits per heavy atom. The van der Waals surface area contributed by atoms with Gasteiger partial charge in [0, 0.05) is 18.0 Å². The molecule has 0 saturated heterocycles. The van der Waals surface area contributed by atoms with Gasteiger partial charge in [0.05, 0.1) is 16.2 Å². The summed E-state index contributed by atoms with van der Waals surface area (Å²) in [6.07, 6.45) is 0. The first-order valence-electron chi connectivity index (χ1n) is 7.28. The molecule has 3 aromatic rings. The Labute approximate surface area is 135 Å². The van der Waals surface area contributed by atoms with Gasteiger partial charge in [-0.25, -0.2) is 8.42 Å². The number of fused-ring (bicyclic) bond motifs is 1. The van der Waals surface area contributed by atoms with Gasteiger partial charge in [0.15, 0.2) is 9.84 Å². The standard InChI is InChI=1S/C18H17NO3S/c1-13-8-9-18-15(10-13)11-16(19(18)14(2)20)12-23(21,22)17-6-4-3-5-7-17/h3-11H,12H2,1-2H3. The third kappa shape index (κ3) is 2.92. The zero-order valence-corrected chi connectivity index (χ0v) is 13.8. The zero-order chi connectivity index (χ0) is 16.6.